The van der Waals surface area contributed by atoms with E-state index in [4.69, 9.17) is 4.74 Å². The predicted octanol–water partition coefficient (Wildman–Crippen LogP) is 3.26. The number of ether oxygens (including phenoxy) is 1. The Morgan fingerprint density at radius 3 is 3.00 bits per heavy atom. The molecule has 2 aliphatic rings. The second-order valence-corrected chi connectivity index (χ2v) is 6.87. The Balaban J connectivity index is 0.00000176. The van der Waals surface area contributed by atoms with E-state index in [1.54, 1.807) is 6.07 Å². The summed E-state index contributed by atoms with van der Waals surface area (Å²) in [6, 6.07) is 5.99. The summed E-state index contributed by atoms with van der Waals surface area (Å²) < 4.78 is 20.3. The third-order valence-electron chi connectivity index (χ3n) is 4.60. The molecule has 3 nitrogen and oxygen atoms in total. The molecule has 1 aliphatic carbocycles. The summed E-state index contributed by atoms with van der Waals surface area (Å²) in [6.07, 6.45) is 3.62. The van der Waals surface area contributed by atoms with Gasteiger partial charge < -0.3 is 15.4 Å². The lowest BCUT2D eigenvalue weighted by Crippen LogP contribution is -2.50. The van der Waals surface area contributed by atoms with Crippen LogP contribution in [0, 0.1) is 11.7 Å². The Kier molecular flexibility index (Phi) is 7.09. The van der Waals surface area contributed by atoms with Gasteiger partial charge in [-0.25, -0.2) is 4.39 Å². The minimum atomic E-state index is -0.139. The van der Waals surface area contributed by atoms with Crippen LogP contribution in [-0.4, -0.2) is 31.8 Å². The van der Waals surface area contributed by atoms with Crippen molar-refractivity contribution < 1.29 is 9.13 Å². The third-order valence-corrected chi connectivity index (χ3v) is 5.09. The van der Waals surface area contributed by atoms with Crippen molar-refractivity contribution >= 4 is 28.3 Å². The normalized spacial score (nSPS) is 28.4. The number of halogens is 3. The maximum Gasteiger partial charge on any atom is 0.127 e. The maximum absolute atomic E-state index is 13.8. The van der Waals surface area contributed by atoms with Gasteiger partial charge in [0.2, 0.25) is 0 Å². The molecule has 2 N–H and O–H groups in total. The van der Waals surface area contributed by atoms with Crippen molar-refractivity contribution in [3.8, 4) is 0 Å². The first-order chi connectivity index (χ1) is 10.2. The molecule has 3 unspecified atom stereocenters. The standard InChI is InChI=1S/C16H22BrFN2O.ClH/c17-12-4-5-14(18)11(8-12)9-20-15-3-1-2-13(15)16-10-21-7-6-19-16;/h4-5,8,13,15-16,19-20H,1-3,6-7,9-10H2;1H. The molecular formula is C16H23BrClFN2O. The first kappa shape index (κ1) is 18.1. The van der Waals surface area contributed by atoms with E-state index in [9.17, 15) is 4.39 Å². The zero-order valence-electron chi connectivity index (χ0n) is 12.5. The summed E-state index contributed by atoms with van der Waals surface area (Å²) >= 11 is 3.40. The van der Waals surface area contributed by atoms with Gasteiger partial charge in [0.05, 0.1) is 13.2 Å². The summed E-state index contributed by atoms with van der Waals surface area (Å²) in [6.45, 7) is 3.13. The van der Waals surface area contributed by atoms with Crippen molar-refractivity contribution in [3.63, 3.8) is 0 Å². The van der Waals surface area contributed by atoms with Gasteiger partial charge in [0.25, 0.3) is 0 Å². The fourth-order valence-electron chi connectivity index (χ4n) is 3.50. The minimum Gasteiger partial charge on any atom is -0.379 e. The van der Waals surface area contributed by atoms with E-state index < -0.39 is 0 Å². The van der Waals surface area contributed by atoms with Crippen molar-refractivity contribution in [2.24, 2.45) is 5.92 Å². The van der Waals surface area contributed by atoms with E-state index in [0.717, 1.165) is 29.8 Å². The molecule has 1 aromatic carbocycles. The van der Waals surface area contributed by atoms with Crippen LogP contribution >= 0.6 is 28.3 Å². The number of hydrogen-bond donors (Lipinski definition) is 2. The molecule has 0 amide bonds. The second kappa shape index (κ2) is 8.60. The lowest BCUT2D eigenvalue weighted by atomic mass is 9.94. The SMILES string of the molecule is Cl.Fc1ccc(Br)cc1CNC1CCCC1C1COCCN1. The van der Waals surface area contributed by atoms with E-state index >= 15 is 0 Å². The molecule has 1 saturated heterocycles. The summed E-state index contributed by atoms with van der Waals surface area (Å²) in [5.74, 6) is 0.444. The summed E-state index contributed by atoms with van der Waals surface area (Å²) in [5, 5.41) is 7.12. The summed E-state index contributed by atoms with van der Waals surface area (Å²) in [4.78, 5) is 0. The largest absolute Gasteiger partial charge is 0.379 e. The summed E-state index contributed by atoms with van der Waals surface area (Å²) in [7, 11) is 0. The van der Waals surface area contributed by atoms with Crippen molar-refractivity contribution in [3.05, 3.63) is 34.1 Å². The molecule has 0 spiro atoms. The lowest BCUT2D eigenvalue weighted by Gasteiger charge is -2.33. The van der Waals surface area contributed by atoms with Crippen LogP contribution in [0.2, 0.25) is 0 Å². The van der Waals surface area contributed by atoms with E-state index in [-0.39, 0.29) is 18.2 Å². The van der Waals surface area contributed by atoms with E-state index in [0.29, 0.717) is 24.5 Å². The predicted molar refractivity (Wildman–Crippen MR) is 91.9 cm³/mol. The molecule has 22 heavy (non-hydrogen) atoms. The molecule has 124 valence electrons. The fraction of sp³-hybridized carbons (Fsp3) is 0.625. The number of nitrogens with one attached hydrogen (secondary N) is 2. The zero-order chi connectivity index (χ0) is 14.7. The molecule has 3 rings (SSSR count). The fourth-order valence-corrected chi connectivity index (χ4v) is 3.91. The first-order valence-electron chi connectivity index (χ1n) is 7.72. The van der Waals surface area contributed by atoms with Crippen LogP contribution in [0.15, 0.2) is 22.7 Å². The maximum atomic E-state index is 13.8. The first-order valence-corrected chi connectivity index (χ1v) is 8.52. The number of hydrogen-bond acceptors (Lipinski definition) is 3. The summed E-state index contributed by atoms with van der Waals surface area (Å²) in [5.41, 5.74) is 0.725. The Bertz CT molecular complexity index is 485. The number of morpholine rings is 1. The molecule has 0 radical (unpaired) electrons. The van der Waals surface area contributed by atoms with E-state index in [1.807, 2.05) is 6.07 Å². The van der Waals surface area contributed by atoms with Gasteiger partial charge >= 0.3 is 0 Å². The van der Waals surface area contributed by atoms with Crippen LogP contribution in [0.1, 0.15) is 24.8 Å². The smallest absolute Gasteiger partial charge is 0.127 e. The van der Waals surface area contributed by atoms with Crippen LogP contribution in [0.3, 0.4) is 0 Å². The van der Waals surface area contributed by atoms with E-state index in [2.05, 4.69) is 26.6 Å². The van der Waals surface area contributed by atoms with E-state index in [1.165, 1.54) is 25.3 Å². The van der Waals surface area contributed by atoms with Crippen molar-refractivity contribution in [1.29, 1.82) is 0 Å². The third kappa shape index (κ3) is 4.42. The highest BCUT2D eigenvalue weighted by atomic mass is 79.9. The highest BCUT2D eigenvalue weighted by Crippen LogP contribution is 2.30. The van der Waals surface area contributed by atoms with Gasteiger partial charge in [-0.1, -0.05) is 22.4 Å². The number of rotatable bonds is 4. The lowest BCUT2D eigenvalue weighted by molar-refractivity contribution is 0.0524. The molecule has 2 fully saturated rings. The van der Waals surface area contributed by atoms with Gasteiger partial charge in [-0.3, -0.25) is 0 Å². The van der Waals surface area contributed by atoms with Crippen molar-refractivity contribution in [1.82, 2.24) is 10.6 Å². The second-order valence-electron chi connectivity index (χ2n) is 5.95. The molecule has 0 aromatic heterocycles. The highest BCUT2D eigenvalue weighted by molar-refractivity contribution is 9.10. The van der Waals surface area contributed by atoms with Gasteiger partial charge in [-0.15, -0.1) is 12.4 Å². The average Bonchev–Trinajstić information content (AvgIpc) is 2.97. The Labute approximate surface area is 145 Å². The molecule has 3 atom stereocenters. The van der Waals surface area contributed by atoms with Gasteiger partial charge in [0.15, 0.2) is 0 Å². The van der Waals surface area contributed by atoms with Crippen molar-refractivity contribution in [2.75, 3.05) is 19.8 Å². The molecular weight excluding hydrogens is 371 g/mol. The Hall–Kier alpha value is -0.200. The molecule has 1 saturated carbocycles. The van der Waals surface area contributed by atoms with Crippen LogP contribution < -0.4 is 10.6 Å². The molecule has 1 aromatic rings. The quantitative estimate of drug-likeness (QED) is 0.824. The average molecular weight is 394 g/mol. The van der Waals surface area contributed by atoms with Gasteiger partial charge in [0, 0.05) is 35.2 Å². The van der Waals surface area contributed by atoms with Crippen LogP contribution in [-0.2, 0) is 11.3 Å². The van der Waals surface area contributed by atoms with Gasteiger partial charge in [-0.2, -0.15) is 0 Å². The minimum absolute atomic E-state index is 0. The van der Waals surface area contributed by atoms with Crippen LogP contribution in [0.25, 0.3) is 0 Å². The topological polar surface area (TPSA) is 33.3 Å². The van der Waals surface area contributed by atoms with Crippen LogP contribution in [0.5, 0.6) is 0 Å². The Morgan fingerprint density at radius 2 is 2.23 bits per heavy atom. The molecule has 6 heteroatoms. The van der Waals surface area contributed by atoms with Gasteiger partial charge in [-0.05, 0) is 37.0 Å². The number of benzene rings is 1. The monoisotopic (exact) mass is 392 g/mol. The Morgan fingerprint density at radius 1 is 1.36 bits per heavy atom. The molecule has 1 aliphatic heterocycles. The van der Waals surface area contributed by atoms with Crippen LogP contribution in [0.4, 0.5) is 4.39 Å². The zero-order valence-corrected chi connectivity index (χ0v) is 14.9. The molecule has 1 heterocycles. The highest BCUT2D eigenvalue weighted by Gasteiger charge is 2.34. The van der Waals surface area contributed by atoms with Gasteiger partial charge in [0.1, 0.15) is 5.82 Å². The molecule has 0 bridgehead atoms. The van der Waals surface area contributed by atoms with Crippen molar-refractivity contribution in [2.45, 2.75) is 37.9 Å².